The highest BCUT2D eigenvalue weighted by Crippen LogP contribution is 2.43. The van der Waals surface area contributed by atoms with Gasteiger partial charge in [-0.25, -0.2) is 4.57 Å². The van der Waals surface area contributed by atoms with Gasteiger partial charge in [0.2, 0.25) is 0 Å². The maximum Gasteiger partial charge on any atom is 0.472 e. The normalized spacial score (nSPS) is 13.9. The third-order valence-corrected chi connectivity index (χ3v) is 17.8. The fourth-order valence-corrected chi connectivity index (χ4v) is 11.7. The van der Waals surface area contributed by atoms with E-state index in [9.17, 15) is 19.0 Å². The monoisotopic (exact) mass is 1390 g/mol. The summed E-state index contributed by atoms with van der Waals surface area (Å²) in [6.45, 7) is 3.52. The molecule has 0 amide bonds. The van der Waals surface area contributed by atoms with Gasteiger partial charge in [0.05, 0.1) is 13.2 Å². The first-order chi connectivity index (χ1) is 48.8. The van der Waals surface area contributed by atoms with E-state index in [1.165, 1.54) is 154 Å². The second kappa shape index (κ2) is 82.1. The van der Waals surface area contributed by atoms with Crippen LogP contribution in [0.25, 0.3) is 0 Å². The molecule has 562 valence electrons. The molecule has 0 fully saturated rings. The van der Waals surface area contributed by atoms with Crippen LogP contribution < -0.4 is 5.73 Å². The van der Waals surface area contributed by atoms with E-state index in [0.29, 0.717) is 6.42 Å². The van der Waals surface area contributed by atoms with Gasteiger partial charge in [0.1, 0.15) is 6.61 Å². The van der Waals surface area contributed by atoms with Crippen molar-refractivity contribution in [3.05, 3.63) is 182 Å². The zero-order valence-corrected chi connectivity index (χ0v) is 64.3. The van der Waals surface area contributed by atoms with E-state index in [1.54, 1.807) is 0 Å². The number of phosphoric acid groups is 1. The Hall–Kier alpha value is -4.89. The highest BCUT2D eigenvalue weighted by atomic mass is 31.2. The topological polar surface area (TPSA) is 134 Å². The van der Waals surface area contributed by atoms with Gasteiger partial charge in [-0.1, -0.05) is 369 Å². The minimum absolute atomic E-state index is 0.0448. The fourth-order valence-electron chi connectivity index (χ4n) is 10.9. The van der Waals surface area contributed by atoms with Crippen molar-refractivity contribution in [2.24, 2.45) is 5.73 Å². The number of hydrogen-bond donors (Lipinski definition) is 2. The Labute approximate surface area is 609 Å². The van der Waals surface area contributed by atoms with Crippen LogP contribution in [0.1, 0.15) is 335 Å². The molecule has 0 bridgehead atoms. The molecule has 3 N–H and O–H groups in total. The highest BCUT2D eigenvalue weighted by Gasteiger charge is 2.26. The smallest absolute Gasteiger partial charge is 0.462 e. The summed E-state index contributed by atoms with van der Waals surface area (Å²) in [5, 5.41) is 0. The molecule has 0 heterocycles. The minimum atomic E-state index is -4.41. The predicted octanol–water partition coefficient (Wildman–Crippen LogP) is 27.4. The molecule has 0 spiro atoms. The summed E-state index contributed by atoms with van der Waals surface area (Å²) in [6.07, 6.45) is 123. The van der Waals surface area contributed by atoms with Gasteiger partial charge in [-0.15, -0.1) is 0 Å². The average molecular weight is 1390 g/mol. The number of carbonyl (C=O) groups is 2. The van der Waals surface area contributed by atoms with Crippen molar-refractivity contribution in [3.63, 3.8) is 0 Å². The highest BCUT2D eigenvalue weighted by molar-refractivity contribution is 7.47. The van der Waals surface area contributed by atoms with Crippen molar-refractivity contribution >= 4 is 19.8 Å². The van der Waals surface area contributed by atoms with E-state index >= 15 is 0 Å². The van der Waals surface area contributed by atoms with Crippen LogP contribution in [0.2, 0.25) is 0 Å². The van der Waals surface area contributed by atoms with Gasteiger partial charge >= 0.3 is 19.8 Å². The number of rotatable bonds is 74. The second-order valence-corrected chi connectivity index (χ2v) is 27.6. The number of carbonyl (C=O) groups excluding carboxylic acids is 2. The molecule has 0 radical (unpaired) electrons. The maximum absolute atomic E-state index is 12.8. The molecule has 2 unspecified atom stereocenters. The molecule has 0 rings (SSSR count). The van der Waals surface area contributed by atoms with E-state index in [-0.39, 0.29) is 38.6 Å². The number of unbranched alkanes of at least 4 members (excludes halogenated alkanes) is 31. The molecule has 0 aromatic rings. The molecule has 0 aliphatic rings. The Morgan fingerprint density at radius 1 is 0.303 bits per heavy atom. The quantitative estimate of drug-likeness (QED) is 0.0264. The molecule has 0 saturated heterocycles. The fraction of sp³-hybridized carbons (Fsp3) is 0.640. The Morgan fingerprint density at radius 2 is 0.525 bits per heavy atom. The number of hydrogen-bond acceptors (Lipinski definition) is 8. The molecule has 0 aromatic heterocycles. The first-order valence-electron chi connectivity index (χ1n) is 40.3. The Balaban J connectivity index is 3.89. The van der Waals surface area contributed by atoms with Gasteiger partial charge in [0, 0.05) is 19.4 Å². The first-order valence-corrected chi connectivity index (χ1v) is 41.8. The zero-order chi connectivity index (χ0) is 71.5. The van der Waals surface area contributed by atoms with E-state index < -0.39 is 26.5 Å². The summed E-state index contributed by atoms with van der Waals surface area (Å²) in [6, 6.07) is 0. The van der Waals surface area contributed by atoms with Gasteiger partial charge in [0.25, 0.3) is 0 Å². The lowest BCUT2D eigenvalue weighted by Crippen LogP contribution is -2.29. The summed E-state index contributed by atoms with van der Waals surface area (Å²) in [5.41, 5.74) is 5.41. The molecule has 0 aliphatic carbocycles. The molecule has 99 heavy (non-hydrogen) atoms. The van der Waals surface area contributed by atoms with Crippen LogP contribution >= 0.6 is 7.82 Å². The summed E-state index contributed by atoms with van der Waals surface area (Å²) in [5.74, 6) is -0.839. The van der Waals surface area contributed by atoms with Crippen molar-refractivity contribution in [2.75, 3.05) is 26.4 Å². The Kier molecular flexibility index (Phi) is 78.0. The van der Waals surface area contributed by atoms with E-state index in [4.69, 9.17) is 24.3 Å². The van der Waals surface area contributed by atoms with Gasteiger partial charge in [0.15, 0.2) is 6.10 Å². The van der Waals surface area contributed by atoms with Crippen molar-refractivity contribution in [1.29, 1.82) is 0 Å². The predicted molar refractivity (Wildman–Crippen MR) is 431 cm³/mol. The molecular weight excluding hydrogens is 1240 g/mol. The van der Waals surface area contributed by atoms with Gasteiger partial charge in [-0.05, 0) is 135 Å². The molecule has 0 aromatic carbocycles. The average Bonchev–Trinajstić information content (AvgIpc) is 1.19. The Morgan fingerprint density at radius 3 is 0.778 bits per heavy atom. The van der Waals surface area contributed by atoms with Gasteiger partial charge < -0.3 is 20.1 Å². The maximum atomic E-state index is 12.8. The molecule has 0 saturated carbocycles. The molecule has 9 nitrogen and oxygen atoms in total. The van der Waals surface area contributed by atoms with Gasteiger partial charge in [-0.2, -0.15) is 0 Å². The lowest BCUT2D eigenvalue weighted by Gasteiger charge is -2.19. The third-order valence-electron chi connectivity index (χ3n) is 16.8. The van der Waals surface area contributed by atoms with Crippen LogP contribution in [0.5, 0.6) is 0 Å². The largest absolute Gasteiger partial charge is 0.472 e. The molecule has 0 aliphatic heterocycles. The van der Waals surface area contributed by atoms with E-state index in [0.717, 1.165) is 148 Å². The summed E-state index contributed by atoms with van der Waals surface area (Å²) < 4.78 is 33.3. The van der Waals surface area contributed by atoms with Gasteiger partial charge in [-0.3, -0.25) is 18.6 Å². The van der Waals surface area contributed by atoms with Crippen molar-refractivity contribution in [1.82, 2.24) is 0 Å². The SMILES string of the molecule is CC/C=C\C/C=C\C/C=C\C/C=C\C/C=C\C/C=C\C/C=C\C/C=C\C/C=C\C/C=C\C/C=C\CCCCCCCCCC(=O)OC(COC(=O)CCCCCCCCCCCCCCCCCCCCCCCCCC/C=C\C/C=C\C/C=C\C/C=C\CC)COP(=O)(O)OCCN. The van der Waals surface area contributed by atoms with Crippen molar-refractivity contribution in [2.45, 2.75) is 341 Å². The Bertz CT molecular complexity index is 2290. The molecular formula is C89H148NO8P. The molecule has 10 heteroatoms. The van der Waals surface area contributed by atoms with E-state index in [1.807, 2.05) is 0 Å². The van der Waals surface area contributed by atoms with Crippen LogP contribution in [0.4, 0.5) is 0 Å². The second-order valence-electron chi connectivity index (χ2n) is 26.2. The number of allylic oxidation sites excluding steroid dienone is 30. The van der Waals surface area contributed by atoms with Crippen LogP contribution in [0.3, 0.4) is 0 Å². The lowest BCUT2D eigenvalue weighted by atomic mass is 10.0. The summed E-state index contributed by atoms with van der Waals surface area (Å²) in [4.78, 5) is 35.5. The van der Waals surface area contributed by atoms with Crippen molar-refractivity contribution < 1.29 is 37.6 Å². The first kappa shape index (κ1) is 94.1. The van der Waals surface area contributed by atoms with Crippen LogP contribution in [-0.4, -0.2) is 49.3 Å². The number of ether oxygens (including phenoxy) is 2. The number of phosphoric ester groups is 1. The molecule has 2 atom stereocenters. The zero-order valence-electron chi connectivity index (χ0n) is 63.4. The standard InChI is InChI=1S/C89H148NO8P/c1-3-5-7-9-11-13-15-17-19-21-23-25-27-29-31-33-35-37-39-41-42-43-44-46-48-50-52-54-56-58-60-62-64-66-68-70-72-74-76-78-80-82-89(92)98-87(86-97-99(93,94)96-84-83-90)85-95-88(91)81-79-77-75-73-71-69-67-65-63-61-59-57-55-53-51-49-47-45-40-38-36-34-32-30-28-26-24-22-20-18-16-14-12-10-8-6-4-2/h5-8,11-14,17-20,23-26,29,31,35,37,41-42,44,46,50,52,56,58,62,64,87H,3-4,9-10,15-16,21-22,27-28,30,32-34,36,38-40,43,45,47-49,51,53-55,57,59-61,63,65-86,90H2,1-2H3,(H,93,94)/b7-5-,8-6-,13-11-,14-12-,19-17-,20-18-,25-23-,26-24-,31-29-,37-35-,42-41-,46-44-,52-50-,58-56-,64-62-. The number of nitrogens with two attached hydrogens (primary N) is 1. The minimum Gasteiger partial charge on any atom is -0.462 e. The van der Waals surface area contributed by atoms with Crippen LogP contribution in [0, 0.1) is 0 Å². The lowest BCUT2D eigenvalue weighted by molar-refractivity contribution is -0.161. The van der Waals surface area contributed by atoms with Crippen molar-refractivity contribution in [3.8, 4) is 0 Å². The number of esters is 2. The van der Waals surface area contributed by atoms with Crippen LogP contribution in [0.15, 0.2) is 182 Å². The van der Waals surface area contributed by atoms with E-state index in [2.05, 4.69) is 196 Å². The van der Waals surface area contributed by atoms with Crippen LogP contribution in [-0.2, 0) is 32.7 Å². The summed E-state index contributed by atoms with van der Waals surface area (Å²) >= 11 is 0. The third kappa shape index (κ3) is 82.0. The summed E-state index contributed by atoms with van der Waals surface area (Å²) in [7, 11) is -4.41.